The molecule has 0 aliphatic carbocycles. The fourth-order valence-electron chi connectivity index (χ4n) is 4.98. The number of nitrogen functional groups attached to an aromatic ring is 2. The van der Waals surface area contributed by atoms with Gasteiger partial charge in [-0.2, -0.15) is 0 Å². The highest BCUT2D eigenvalue weighted by molar-refractivity contribution is 5.46. The van der Waals surface area contributed by atoms with Crippen molar-refractivity contribution in [3.8, 4) is 0 Å². The van der Waals surface area contributed by atoms with Crippen molar-refractivity contribution in [3.63, 3.8) is 0 Å². The minimum atomic E-state index is 0.816. The molecule has 0 radical (unpaired) electrons. The van der Waals surface area contributed by atoms with Crippen LogP contribution < -0.4 is 11.5 Å². The van der Waals surface area contributed by atoms with Crippen LogP contribution in [-0.2, 0) is 25.7 Å². The normalized spacial score (nSPS) is 11.1. The first-order chi connectivity index (χ1) is 16.3. The number of hydrogen-bond donors (Lipinski definition) is 2. The standard InChI is InChI=1S/C32H36N2/c1-21-15-27(16-22(2)31(21)19-25-7-11-29(33)12-8-25)5-6-28-17-23(3)32(24(4)18-28)20-26-9-13-30(34)14-10-26/h7-18H,5-6,19-20,33-34H2,1-4H3. The molecule has 0 heterocycles. The van der Waals surface area contributed by atoms with Gasteiger partial charge in [-0.25, -0.2) is 0 Å². The van der Waals surface area contributed by atoms with Gasteiger partial charge >= 0.3 is 0 Å². The number of nitrogens with two attached hydrogens (primary N) is 2. The first-order valence-corrected chi connectivity index (χ1v) is 12.2. The fraction of sp³-hybridized carbons (Fsp3) is 0.250. The first kappa shape index (κ1) is 23.6. The molecule has 0 aliphatic rings. The second kappa shape index (κ2) is 10.2. The number of rotatable bonds is 7. The molecule has 4 aromatic rings. The summed E-state index contributed by atoms with van der Waals surface area (Å²) in [7, 11) is 0. The zero-order chi connectivity index (χ0) is 24.2. The lowest BCUT2D eigenvalue weighted by atomic mass is 9.90. The quantitative estimate of drug-likeness (QED) is 0.298. The van der Waals surface area contributed by atoms with Crippen LogP contribution in [0.5, 0.6) is 0 Å². The van der Waals surface area contributed by atoms with Crippen LogP contribution in [0.15, 0.2) is 72.8 Å². The van der Waals surface area contributed by atoms with E-state index in [4.69, 9.17) is 11.5 Å². The Kier molecular flexibility index (Phi) is 7.07. The molecule has 2 nitrogen and oxygen atoms in total. The Bertz CT molecular complexity index is 1130. The van der Waals surface area contributed by atoms with Crippen LogP contribution in [0.3, 0.4) is 0 Å². The van der Waals surface area contributed by atoms with E-state index in [1.54, 1.807) is 0 Å². The van der Waals surface area contributed by atoms with Gasteiger partial charge in [0.2, 0.25) is 0 Å². The van der Waals surface area contributed by atoms with E-state index >= 15 is 0 Å². The fourth-order valence-corrected chi connectivity index (χ4v) is 4.98. The maximum atomic E-state index is 5.84. The van der Waals surface area contributed by atoms with E-state index in [1.165, 1.54) is 55.6 Å². The van der Waals surface area contributed by atoms with Crippen molar-refractivity contribution < 1.29 is 0 Å². The number of aryl methyl sites for hydroxylation is 6. The molecule has 4 N–H and O–H groups in total. The predicted octanol–water partition coefficient (Wildman–Crippen LogP) is 7.05. The van der Waals surface area contributed by atoms with E-state index in [0.29, 0.717) is 0 Å². The highest BCUT2D eigenvalue weighted by Crippen LogP contribution is 2.24. The van der Waals surface area contributed by atoms with Crippen molar-refractivity contribution in [1.82, 2.24) is 0 Å². The maximum Gasteiger partial charge on any atom is 0.0314 e. The summed E-state index contributed by atoms with van der Waals surface area (Å²) in [5.41, 5.74) is 27.1. The molecule has 0 aromatic heterocycles. The van der Waals surface area contributed by atoms with Gasteiger partial charge in [-0.05, 0) is 133 Å². The Balaban J connectivity index is 1.45. The Morgan fingerprint density at radius 1 is 0.441 bits per heavy atom. The molecule has 174 valence electrons. The third kappa shape index (κ3) is 5.69. The van der Waals surface area contributed by atoms with E-state index in [1.807, 2.05) is 24.3 Å². The van der Waals surface area contributed by atoms with E-state index in [9.17, 15) is 0 Å². The number of anilines is 2. The summed E-state index contributed by atoms with van der Waals surface area (Å²) in [4.78, 5) is 0. The van der Waals surface area contributed by atoms with Crippen molar-refractivity contribution in [1.29, 1.82) is 0 Å². The average molecular weight is 449 g/mol. The lowest BCUT2D eigenvalue weighted by Gasteiger charge is -2.15. The molecule has 4 aromatic carbocycles. The Morgan fingerprint density at radius 3 is 1.03 bits per heavy atom. The zero-order valence-corrected chi connectivity index (χ0v) is 20.9. The van der Waals surface area contributed by atoms with Gasteiger partial charge in [-0.3, -0.25) is 0 Å². The van der Waals surface area contributed by atoms with Crippen LogP contribution in [0.1, 0.15) is 55.6 Å². The molecule has 0 atom stereocenters. The molecule has 0 amide bonds. The molecular formula is C32H36N2. The summed E-state index contributed by atoms with van der Waals surface area (Å²) in [5.74, 6) is 0. The molecule has 0 fully saturated rings. The van der Waals surface area contributed by atoms with Crippen molar-refractivity contribution in [2.75, 3.05) is 11.5 Å². The minimum absolute atomic E-state index is 0.816. The van der Waals surface area contributed by atoms with Gasteiger partial charge < -0.3 is 11.5 Å². The van der Waals surface area contributed by atoms with Crippen molar-refractivity contribution in [3.05, 3.63) is 128 Å². The predicted molar refractivity (Wildman–Crippen MR) is 147 cm³/mol. The molecule has 34 heavy (non-hydrogen) atoms. The number of benzene rings is 4. The van der Waals surface area contributed by atoms with Gasteiger partial charge in [0, 0.05) is 11.4 Å². The second-order valence-corrected chi connectivity index (χ2v) is 9.75. The zero-order valence-electron chi connectivity index (χ0n) is 20.9. The molecule has 0 saturated carbocycles. The summed E-state index contributed by atoms with van der Waals surface area (Å²) in [5, 5.41) is 0. The van der Waals surface area contributed by atoms with E-state index < -0.39 is 0 Å². The highest BCUT2D eigenvalue weighted by atomic mass is 14.5. The summed E-state index contributed by atoms with van der Waals surface area (Å²) in [6.07, 6.45) is 4.01. The topological polar surface area (TPSA) is 52.0 Å². The Hall–Kier alpha value is -3.52. The van der Waals surface area contributed by atoms with E-state index in [2.05, 4.69) is 76.2 Å². The Morgan fingerprint density at radius 2 is 0.735 bits per heavy atom. The lowest BCUT2D eigenvalue weighted by molar-refractivity contribution is 0.941. The SMILES string of the molecule is Cc1cc(CCc2cc(C)c(Cc3ccc(N)cc3)c(C)c2)cc(C)c1Cc1ccc(N)cc1. The van der Waals surface area contributed by atoms with Crippen molar-refractivity contribution in [2.24, 2.45) is 0 Å². The van der Waals surface area contributed by atoms with Gasteiger partial charge in [0.05, 0.1) is 0 Å². The Labute approximate surface area is 204 Å². The first-order valence-electron chi connectivity index (χ1n) is 12.2. The molecule has 0 saturated heterocycles. The van der Waals surface area contributed by atoms with Gasteiger partial charge in [-0.1, -0.05) is 48.5 Å². The van der Waals surface area contributed by atoms with Gasteiger partial charge in [0.25, 0.3) is 0 Å². The summed E-state index contributed by atoms with van der Waals surface area (Å²) < 4.78 is 0. The highest BCUT2D eigenvalue weighted by Gasteiger charge is 2.10. The largest absolute Gasteiger partial charge is 0.399 e. The van der Waals surface area contributed by atoms with Crippen molar-refractivity contribution in [2.45, 2.75) is 53.4 Å². The van der Waals surface area contributed by atoms with Crippen LogP contribution in [0, 0.1) is 27.7 Å². The van der Waals surface area contributed by atoms with Gasteiger partial charge in [0.1, 0.15) is 0 Å². The van der Waals surface area contributed by atoms with Crippen molar-refractivity contribution >= 4 is 11.4 Å². The molecule has 0 aliphatic heterocycles. The number of hydrogen-bond acceptors (Lipinski definition) is 2. The summed E-state index contributed by atoms with van der Waals surface area (Å²) >= 11 is 0. The van der Waals surface area contributed by atoms with Gasteiger partial charge in [-0.15, -0.1) is 0 Å². The maximum absolute atomic E-state index is 5.84. The van der Waals surface area contributed by atoms with Crippen LogP contribution in [0.2, 0.25) is 0 Å². The monoisotopic (exact) mass is 448 g/mol. The molecule has 0 unspecified atom stereocenters. The third-order valence-corrected chi connectivity index (χ3v) is 6.94. The third-order valence-electron chi connectivity index (χ3n) is 6.94. The smallest absolute Gasteiger partial charge is 0.0314 e. The molecule has 4 rings (SSSR count). The molecule has 0 spiro atoms. The van der Waals surface area contributed by atoms with Crippen LogP contribution >= 0.6 is 0 Å². The van der Waals surface area contributed by atoms with Crippen LogP contribution in [0.4, 0.5) is 11.4 Å². The second-order valence-electron chi connectivity index (χ2n) is 9.75. The van der Waals surface area contributed by atoms with Crippen LogP contribution in [-0.4, -0.2) is 0 Å². The summed E-state index contributed by atoms with van der Waals surface area (Å²) in [6, 6.07) is 25.9. The van der Waals surface area contributed by atoms with Crippen LogP contribution in [0.25, 0.3) is 0 Å². The van der Waals surface area contributed by atoms with E-state index in [0.717, 1.165) is 37.1 Å². The van der Waals surface area contributed by atoms with Gasteiger partial charge in [0.15, 0.2) is 0 Å². The molecule has 2 heteroatoms. The molecular weight excluding hydrogens is 412 g/mol. The lowest BCUT2D eigenvalue weighted by Crippen LogP contribution is -2.02. The summed E-state index contributed by atoms with van der Waals surface area (Å²) in [6.45, 7) is 8.96. The average Bonchev–Trinajstić information content (AvgIpc) is 2.80. The minimum Gasteiger partial charge on any atom is -0.399 e. The molecule has 0 bridgehead atoms. The van der Waals surface area contributed by atoms with E-state index in [-0.39, 0.29) is 0 Å².